The molecule has 6 heteroatoms. The molecular weight excluding hydrogens is 265 g/mol. The highest BCUT2D eigenvalue weighted by atomic mass is 35.5. The highest BCUT2D eigenvalue weighted by Crippen LogP contribution is 2.20. The van der Waals surface area contributed by atoms with Crippen molar-refractivity contribution in [3.05, 3.63) is 29.6 Å². The van der Waals surface area contributed by atoms with Crippen molar-refractivity contribution >= 4 is 21.6 Å². The molecule has 1 rings (SSSR count). The summed E-state index contributed by atoms with van der Waals surface area (Å²) in [5.74, 6) is -0.536. The van der Waals surface area contributed by atoms with Gasteiger partial charge in [-0.3, -0.25) is 0 Å². The second-order valence-corrected chi connectivity index (χ2v) is 5.68. The summed E-state index contributed by atoms with van der Waals surface area (Å²) >= 11 is 5.55. The molecular formula is C11H15ClFNO2S. The van der Waals surface area contributed by atoms with Crippen LogP contribution in [0.1, 0.15) is 19.4 Å². The molecule has 0 aliphatic rings. The predicted octanol–water partition coefficient (Wildman–Crippen LogP) is 2.60. The summed E-state index contributed by atoms with van der Waals surface area (Å²) in [5, 5.41) is 0. The summed E-state index contributed by atoms with van der Waals surface area (Å²) in [7, 11) is -3.54. The molecule has 0 unspecified atom stereocenters. The molecule has 17 heavy (non-hydrogen) atoms. The minimum Gasteiger partial charge on any atom is -0.207 e. The summed E-state index contributed by atoms with van der Waals surface area (Å²) in [6.07, 6.45) is 0. The summed E-state index contributed by atoms with van der Waals surface area (Å²) in [5.41, 5.74) is 0.194. The predicted molar refractivity (Wildman–Crippen MR) is 66.1 cm³/mol. The summed E-state index contributed by atoms with van der Waals surface area (Å²) in [6, 6.07) is 3.68. The van der Waals surface area contributed by atoms with Crippen LogP contribution in [0.2, 0.25) is 0 Å². The van der Waals surface area contributed by atoms with E-state index in [1.165, 1.54) is 16.4 Å². The third-order valence-electron chi connectivity index (χ3n) is 2.50. The zero-order valence-electron chi connectivity index (χ0n) is 9.78. The van der Waals surface area contributed by atoms with Crippen molar-refractivity contribution in [2.45, 2.75) is 24.6 Å². The highest BCUT2D eigenvalue weighted by Gasteiger charge is 2.22. The van der Waals surface area contributed by atoms with Crippen LogP contribution in [0.4, 0.5) is 4.39 Å². The molecule has 3 nitrogen and oxygen atoms in total. The average molecular weight is 280 g/mol. The van der Waals surface area contributed by atoms with E-state index >= 15 is 0 Å². The molecule has 0 N–H and O–H groups in total. The minimum absolute atomic E-state index is 0.0482. The third kappa shape index (κ3) is 2.97. The number of halogens is 2. The van der Waals surface area contributed by atoms with Gasteiger partial charge in [0.25, 0.3) is 0 Å². The summed E-state index contributed by atoms with van der Waals surface area (Å²) in [4.78, 5) is 0.0817. The molecule has 96 valence electrons. The van der Waals surface area contributed by atoms with Crippen molar-refractivity contribution < 1.29 is 12.8 Å². The van der Waals surface area contributed by atoms with E-state index in [0.29, 0.717) is 13.1 Å². The van der Waals surface area contributed by atoms with E-state index in [1.807, 2.05) is 0 Å². The van der Waals surface area contributed by atoms with Crippen molar-refractivity contribution in [1.82, 2.24) is 4.31 Å². The lowest BCUT2D eigenvalue weighted by Crippen LogP contribution is -2.30. The fourth-order valence-corrected chi connectivity index (χ4v) is 3.24. The van der Waals surface area contributed by atoms with E-state index in [0.717, 1.165) is 6.07 Å². The Bertz CT molecular complexity index is 486. The second-order valence-electron chi connectivity index (χ2n) is 3.48. The topological polar surface area (TPSA) is 37.4 Å². The van der Waals surface area contributed by atoms with Gasteiger partial charge >= 0.3 is 0 Å². The Hall–Kier alpha value is -0.650. The van der Waals surface area contributed by atoms with E-state index in [4.69, 9.17) is 11.6 Å². The maximum atomic E-state index is 13.2. The normalized spacial score (nSPS) is 12.1. The zero-order chi connectivity index (χ0) is 13.1. The van der Waals surface area contributed by atoms with Crippen LogP contribution in [0.15, 0.2) is 23.1 Å². The van der Waals surface area contributed by atoms with Crippen LogP contribution < -0.4 is 0 Å². The van der Waals surface area contributed by atoms with E-state index in [9.17, 15) is 12.8 Å². The van der Waals surface area contributed by atoms with Crippen LogP contribution in [0.25, 0.3) is 0 Å². The van der Waals surface area contributed by atoms with Gasteiger partial charge in [-0.15, -0.1) is 11.6 Å². The number of sulfonamides is 1. The number of alkyl halides is 1. The van der Waals surface area contributed by atoms with Gasteiger partial charge < -0.3 is 0 Å². The van der Waals surface area contributed by atoms with Gasteiger partial charge in [0.2, 0.25) is 10.0 Å². The highest BCUT2D eigenvalue weighted by molar-refractivity contribution is 7.89. The molecule has 0 fully saturated rings. The molecule has 0 aliphatic heterocycles. The zero-order valence-corrected chi connectivity index (χ0v) is 11.4. The average Bonchev–Trinajstić information content (AvgIpc) is 2.30. The number of benzene rings is 1. The molecule has 0 saturated carbocycles. The largest absolute Gasteiger partial charge is 0.243 e. The molecule has 0 atom stereocenters. The first-order chi connectivity index (χ1) is 7.97. The molecule has 0 spiro atoms. The smallest absolute Gasteiger partial charge is 0.207 e. The van der Waals surface area contributed by atoms with E-state index in [-0.39, 0.29) is 16.3 Å². The van der Waals surface area contributed by atoms with Gasteiger partial charge in [0, 0.05) is 18.7 Å². The van der Waals surface area contributed by atoms with Crippen LogP contribution in [-0.2, 0) is 15.9 Å². The monoisotopic (exact) mass is 279 g/mol. The Labute approximate surface area is 106 Å². The molecule has 0 aliphatic carbocycles. The van der Waals surface area contributed by atoms with Gasteiger partial charge in [-0.2, -0.15) is 4.31 Å². The van der Waals surface area contributed by atoms with E-state index < -0.39 is 15.8 Å². The molecule has 1 aromatic rings. The van der Waals surface area contributed by atoms with Gasteiger partial charge in [-0.25, -0.2) is 12.8 Å². The van der Waals surface area contributed by atoms with Crippen LogP contribution in [0.5, 0.6) is 0 Å². The second kappa shape index (κ2) is 5.80. The summed E-state index contributed by atoms with van der Waals surface area (Å²) < 4.78 is 38.8. The van der Waals surface area contributed by atoms with Crippen LogP contribution in [0, 0.1) is 5.82 Å². The number of hydrogen-bond acceptors (Lipinski definition) is 2. The fraction of sp³-hybridized carbons (Fsp3) is 0.455. The first-order valence-corrected chi connectivity index (χ1v) is 7.29. The van der Waals surface area contributed by atoms with Crippen molar-refractivity contribution in [2.24, 2.45) is 0 Å². The first kappa shape index (κ1) is 14.4. The number of hydrogen-bond donors (Lipinski definition) is 0. The number of rotatable bonds is 5. The van der Waals surface area contributed by atoms with Crippen LogP contribution >= 0.6 is 11.6 Å². The van der Waals surface area contributed by atoms with E-state index in [2.05, 4.69) is 0 Å². The standard InChI is InChI=1S/C11H15ClFNO2S/c1-3-14(4-2)17(15,16)10-5-6-11(13)9(7-10)8-12/h5-7H,3-4,8H2,1-2H3. The van der Waals surface area contributed by atoms with Crippen molar-refractivity contribution in [1.29, 1.82) is 0 Å². The SMILES string of the molecule is CCN(CC)S(=O)(=O)c1ccc(F)c(CCl)c1. The minimum atomic E-state index is -3.54. The lowest BCUT2D eigenvalue weighted by Gasteiger charge is -2.18. The molecule has 0 aromatic heterocycles. The summed E-state index contributed by atoms with van der Waals surface area (Å²) in [6.45, 7) is 4.28. The molecule has 0 saturated heterocycles. The van der Waals surface area contributed by atoms with Gasteiger partial charge in [-0.1, -0.05) is 13.8 Å². The quantitative estimate of drug-likeness (QED) is 0.777. The fourth-order valence-electron chi connectivity index (χ4n) is 1.53. The third-order valence-corrected chi connectivity index (χ3v) is 4.84. The van der Waals surface area contributed by atoms with Gasteiger partial charge in [0.05, 0.1) is 10.8 Å². The Morgan fingerprint density at radius 3 is 2.35 bits per heavy atom. The Morgan fingerprint density at radius 1 is 1.29 bits per heavy atom. The van der Waals surface area contributed by atoms with Gasteiger partial charge in [0.15, 0.2) is 0 Å². The number of nitrogens with zero attached hydrogens (tertiary/aromatic N) is 1. The van der Waals surface area contributed by atoms with E-state index in [1.54, 1.807) is 13.8 Å². The Kier molecular flexibility index (Phi) is 4.91. The molecule has 0 amide bonds. The molecule has 0 radical (unpaired) electrons. The molecule has 1 aromatic carbocycles. The maximum absolute atomic E-state index is 13.2. The first-order valence-electron chi connectivity index (χ1n) is 5.31. The van der Waals surface area contributed by atoms with Gasteiger partial charge in [0.1, 0.15) is 5.82 Å². The molecule has 0 bridgehead atoms. The van der Waals surface area contributed by atoms with Crippen molar-refractivity contribution in [3.8, 4) is 0 Å². The van der Waals surface area contributed by atoms with Crippen molar-refractivity contribution in [2.75, 3.05) is 13.1 Å². The van der Waals surface area contributed by atoms with Crippen LogP contribution in [-0.4, -0.2) is 25.8 Å². The van der Waals surface area contributed by atoms with Crippen molar-refractivity contribution in [3.63, 3.8) is 0 Å². The van der Waals surface area contributed by atoms with Crippen LogP contribution in [0.3, 0.4) is 0 Å². The maximum Gasteiger partial charge on any atom is 0.243 e. The lowest BCUT2D eigenvalue weighted by molar-refractivity contribution is 0.445. The Balaban J connectivity index is 3.24. The van der Waals surface area contributed by atoms with Gasteiger partial charge in [-0.05, 0) is 18.2 Å². The Morgan fingerprint density at radius 2 is 1.88 bits per heavy atom. The lowest BCUT2D eigenvalue weighted by atomic mass is 10.2. The molecule has 0 heterocycles.